The van der Waals surface area contributed by atoms with Crippen LogP contribution in [-0.4, -0.2) is 35.9 Å². The van der Waals surface area contributed by atoms with Crippen molar-refractivity contribution in [2.45, 2.75) is 49.4 Å². The summed E-state index contributed by atoms with van der Waals surface area (Å²) in [4.78, 5) is 0. The number of nitrogens with two attached hydrogens (primary N) is 1. The van der Waals surface area contributed by atoms with Crippen molar-refractivity contribution in [3.8, 4) is 0 Å². The van der Waals surface area contributed by atoms with Gasteiger partial charge in [-0.3, -0.25) is 4.57 Å². The first-order valence-electron chi connectivity index (χ1n) is 6.06. The average molecular weight is 272 g/mol. The fourth-order valence-electron chi connectivity index (χ4n) is 2.43. The van der Waals surface area contributed by atoms with Crippen molar-refractivity contribution in [2.24, 2.45) is 5.14 Å². The highest BCUT2D eigenvalue weighted by Crippen LogP contribution is 2.40. The zero-order chi connectivity index (χ0) is 12.9. The predicted octanol–water partition coefficient (Wildman–Crippen LogP) is 0.153. The topological polar surface area (TPSA) is 100 Å². The highest BCUT2D eigenvalue weighted by atomic mass is 32.2. The Kier molecular flexibility index (Phi) is 2.68. The van der Waals surface area contributed by atoms with E-state index >= 15 is 0 Å². The Bertz CT molecular complexity index is 564. The second-order valence-electron chi connectivity index (χ2n) is 5.06. The molecule has 2 unspecified atom stereocenters. The maximum Gasteiger partial charge on any atom is 0.273 e. The maximum atomic E-state index is 11.5. The average Bonchev–Trinajstić information content (AvgIpc) is 2.85. The molecule has 0 radical (unpaired) electrons. The molecule has 3 rings (SSSR count). The van der Waals surface area contributed by atoms with Gasteiger partial charge in [0.1, 0.15) is 5.82 Å². The smallest absolute Gasteiger partial charge is 0.273 e. The van der Waals surface area contributed by atoms with Crippen molar-refractivity contribution in [1.29, 1.82) is 0 Å². The minimum absolute atomic E-state index is 0.112. The number of rotatable bonds is 3. The van der Waals surface area contributed by atoms with Crippen LogP contribution in [0.2, 0.25) is 0 Å². The summed E-state index contributed by atoms with van der Waals surface area (Å²) in [6, 6.07) is 0.180. The van der Waals surface area contributed by atoms with Crippen molar-refractivity contribution in [3.05, 3.63) is 5.82 Å². The van der Waals surface area contributed by atoms with E-state index in [0.717, 1.165) is 19.3 Å². The monoisotopic (exact) mass is 272 g/mol. The molecule has 8 heteroatoms. The third-order valence-electron chi connectivity index (χ3n) is 3.42. The van der Waals surface area contributed by atoms with Crippen LogP contribution in [0.3, 0.4) is 0 Å². The van der Waals surface area contributed by atoms with Crippen molar-refractivity contribution in [1.82, 2.24) is 14.8 Å². The van der Waals surface area contributed by atoms with E-state index in [2.05, 4.69) is 10.2 Å². The van der Waals surface area contributed by atoms with E-state index in [1.54, 1.807) is 4.57 Å². The molecule has 1 aromatic heterocycles. The van der Waals surface area contributed by atoms with E-state index in [9.17, 15) is 8.42 Å². The van der Waals surface area contributed by atoms with Crippen LogP contribution >= 0.6 is 0 Å². The Morgan fingerprint density at radius 3 is 2.61 bits per heavy atom. The van der Waals surface area contributed by atoms with Crippen molar-refractivity contribution < 1.29 is 13.2 Å². The molecule has 1 aliphatic heterocycles. The predicted molar refractivity (Wildman–Crippen MR) is 62.4 cm³/mol. The largest absolute Gasteiger partial charge is 0.378 e. The van der Waals surface area contributed by atoms with Crippen LogP contribution < -0.4 is 5.14 Å². The minimum atomic E-state index is -3.81. The van der Waals surface area contributed by atoms with Gasteiger partial charge < -0.3 is 4.74 Å². The molecule has 2 atom stereocenters. The summed E-state index contributed by atoms with van der Waals surface area (Å²) < 4.78 is 30.2. The van der Waals surface area contributed by atoms with Crippen molar-refractivity contribution in [3.63, 3.8) is 0 Å². The minimum Gasteiger partial charge on any atom is -0.378 e. The first kappa shape index (κ1) is 12.1. The van der Waals surface area contributed by atoms with E-state index in [0.29, 0.717) is 12.4 Å². The number of aromatic nitrogens is 3. The van der Waals surface area contributed by atoms with Gasteiger partial charge in [-0.05, 0) is 26.2 Å². The lowest BCUT2D eigenvalue weighted by Gasteiger charge is -2.11. The molecule has 0 aromatic carbocycles. The lowest BCUT2D eigenvalue weighted by Crippen LogP contribution is -2.20. The Balaban J connectivity index is 2.02. The van der Waals surface area contributed by atoms with E-state index in [4.69, 9.17) is 9.88 Å². The van der Waals surface area contributed by atoms with E-state index in [1.165, 1.54) is 0 Å². The number of sulfonamides is 1. The van der Waals surface area contributed by atoms with Crippen molar-refractivity contribution in [2.75, 3.05) is 6.61 Å². The Hall–Kier alpha value is -0.990. The van der Waals surface area contributed by atoms with Gasteiger partial charge in [-0.1, -0.05) is 0 Å². The van der Waals surface area contributed by atoms with Crippen LogP contribution in [0.5, 0.6) is 0 Å². The Morgan fingerprint density at radius 2 is 2.11 bits per heavy atom. The molecule has 2 N–H and O–H groups in total. The molecule has 2 heterocycles. The molecular formula is C10H16N4O3S. The van der Waals surface area contributed by atoms with Gasteiger partial charge in [0.15, 0.2) is 0 Å². The maximum absolute atomic E-state index is 11.5. The van der Waals surface area contributed by atoms with E-state index in [1.807, 2.05) is 6.92 Å². The number of primary sulfonamides is 1. The van der Waals surface area contributed by atoms with Crippen LogP contribution in [0, 0.1) is 0 Å². The number of hydrogen-bond donors (Lipinski definition) is 1. The first-order valence-corrected chi connectivity index (χ1v) is 7.60. The Morgan fingerprint density at radius 1 is 1.39 bits per heavy atom. The normalized spacial score (nSPS) is 28.8. The summed E-state index contributed by atoms with van der Waals surface area (Å²) in [6.07, 6.45) is 2.93. The quantitative estimate of drug-likeness (QED) is 0.844. The SMILES string of the molecule is CC1CC(c2nnc(S(N)(=O)=O)n2C2CC2)CO1. The summed E-state index contributed by atoms with van der Waals surface area (Å²) in [6.45, 7) is 2.56. The zero-order valence-electron chi connectivity index (χ0n) is 10.1. The molecule has 0 spiro atoms. The summed E-state index contributed by atoms with van der Waals surface area (Å²) in [7, 11) is -3.81. The Labute approximate surface area is 105 Å². The lowest BCUT2D eigenvalue weighted by atomic mass is 10.1. The summed E-state index contributed by atoms with van der Waals surface area (Å²) >= 11 is 0. The second-order valence-corrected chi connectivity index (χ2v) is 6.52. The molecule has 1 saturated carbocycles. The van der Waals surface area contributed by atoms with Gasteiger partial charge in [0, 0.05) is 12.0 Å². The third kappa shape index (κ3) is 2.04. The lowest BCUT2D eigenvalue weighted by molar-refractivity contribution is 0.123. The zero-order valence-corrected chi connectivity index (χ0v) is 10.9. The molecule has 0 amide bonds. The van der Waals surface area contributed by atoms with Gasteiger partial charge in [-0.2, -0.15) is 0 Å². The van der Waals surface area contributed by atoms with Crippen LogP contribution in [0.25, 0.3) is 0 Å². The summed E-state index contributed by atoms with van der Waals surface area (Å²) in [5.41, 5.74) is 0. The number of hydrogen-bond acceptors (Lipinski definition) is 5. The van der Waals surface area contributed by atoms with E-state index in [-0.39, 0.29) is 23.2 Å². The van der Waals surface area contributed by atoms with Gasteiger partial charge in [-0.15, -0.1) is 10.2 Å². The first-order chi connectivity index (χ1) is 8.47. The van der Waals surface area contributed by atoms with Crippen LogP contribution in [0.1, 0.15) is 44.0 Å². The van der Waals surface area contributed by atoms with Gasteiger partial charge >= 0.3 is 0 Å². The van der Waals surface area contributed by atoms with Crippen molar-refractivity contribution >= 4 is 10.0 Å². The van der Waals surface area contributed by atoms with Crippen LogP contribution in [0.15, 0.2) is 5.16 Å². The van der Waals surface area contributed by atoms with Gasteiger partial charge in [0.25, 0.3) is 15.2 Å². The van der Waals surface area contributed by atoms with Gasteiger partial charge in [0.2, 0.25) is 0 Å². The van der Waals surface area contributed by atoms with Gasteiger partial charge in [-0.25, -0.2) is 13.6 Å². The molecule has 1 saturated heterocycles. The van der Waals surface area contributed by atoms with E-state index < -0.39 is 10.0 Å². The second kappa shape index (κ2) is 4.01. The van der Waals surface area contributed by atoms with Crippen LogP contribution in [-0.2, 0) is 14.8 Å². The molecule has 2 aliphatic rings. The molecule has 18 heavy (non-hydrogen) atoms. The summed E-state index contributed by atoms with van der Waals surface area (Å²) in [5, 5.41) is 12.9. The molecule has 7 nitrogen and oxygen atoms in total. The fourth-order valence-corrected chi connectivity index (χ4v) is 3.11. The number of ether oxygens (including phenoxy) is 1. The standard InChI is InChI=1S/C10H16N4O3S/c1-6-4-7(5-17-6)9-12-13-10(18(11,15)16)14(9)8-2-3-8/h6-8H,2-5H2,1H3,(H2,11,15,16). The molecular weight excluding hydrogens is 256 g/mol. The summed E-state index contributed by atoms with van der Waals surface area (Å²) in [5.74, 6) is 0.814. The fraction of sp³-hybridized carbons (Fsp3) is 0.800. The molecule has 1 aromatic rings. The third-order valence-corrected chi connectivity index (χ3v) is 4.21. The molecule has 0 bridgehead atoms. The molecule has 1 aliphatic carbocycles. The highest BCUT2D eigenvalue weighted by Gasteiger charge is 2.37. The van der Waals surface area contributed by atoms with Gasteiger partial charge in [0.05, 0.1) is 12.7 Å². The molecule has 100 valence electrons. The number of nitrogens with zero attached hydrogens (tertiary/aromatic N) is 3. The highest BCUT2D eigenvalue weighted by molar-refractivity contribution is 7.89. The van der Waals surface area contributed by atoms with Crippen LogP contribution in [0.4, 0.5) is 0 Å². The molecule has 2 fully saturated rings.